The Morgan fingerprint density at radius 3 is 2.59 bits per heavy atom. The molecule has 2 atom stereocenters. The second-order valence-corrected chi connectivity index (χ2v) is 8.65. The van der Waals surface area contributed by atoms with Gasteiger partial charge in [-0.15, -0.1) is 0 Å². The van der Waals surface area contributed by atoms with Crippen LogP contribution in [0.4, 0.5) is 5.82 Å². The number of aryl methyl sites for hydroxylation is 1. The largest absolute Gasteiger partial charge is 0.356 e. The standard InChI is InChI=1S/C22H26N6O/c1-13(2)19-7-21(24-12-23-19)27-8-16-10-28(11-17(16)9-27)22(29)15-4-5-18-20(6-15)26-14(3)25-18/h4-7,12-13,16-17H,8-11H2,1-3H3,(H,25,26). The first kappa shape index (κ1) is 18.1. The van der Waals surface area contributed by atoms with E-state index in [1.165, 1.54) is 0 Å². The molecule has 2 aliphatic rings. The molecule has 0 spiro atoms. The van der Waals surface area contributed by atoms with Gasteiger partial charge in [0.15, 0.2) is 0 Å². The van der Waals surface area contributed by atoms with Gasteiger partial charge in [0.2, 0.25) is 0 Å². The minimum absolute atomic E-state index is 0.115. The maximum atomic E-state index is 13.1. The second kappa shape index (κ2) is 6.83. The van der Waals surface area contributed by atoms with Crippen LogP contribution in [0.5, 0.6) is 0 Å². The zero-order valence-corrected chi connectivity index (χ0v) is 17.1. The van der Waals surface area contributed by atoms with Crippen LogP contribution in [0.3, 0.4) is 0 Å². The first-order chi connectivity index (χ1) is 14.0. The van der Waals surface area contributed by atoms with Crippen molar-refractivity contribution in [1.29, 1.82) is 0 Å². The van der Waals surface area contributed by atoms with Crippen molar-refractivity contribution in [3.05, 3.63) is 47.7 Å². The lowest BCUT2D eigenvalue weighted by molar-refractivity contribution is 0.0782. The van der Waals surface area contributed by atoms with Gasteiger partial charge in [0, 0.05) is 55.3 Å². The van der Waals surface area contributed by atoms with Crippen molar-refractivity contribution in [1.82, 2.24) is 24.8 Å². The van der Waals surface area contributed by atoms with Gasteiger partial charge in [0.1, 0.15) is 18.0 Å². The highest BCUT2D eigenvalue weighted by Crippen LogP contribution is 2.34. The van der Waals surface area contributed by atoms with Gasteiger partial charge in [0.05, 0.1) is 11.0 Å². The summed E-state index contributed by atoms with van der Waals surface area (Å²) in [6, 6.07) is 7.84. The molecule has 1 amide bonds. The molecular weight excluding hydrogens is 364 g/mol. The van der Waals surface area contributed by atoms with E-state index >= 15 is 0 Å². The highest BCUT2D eigenvalue weighted by atomic mass is 16.2. The number of likely N-dealkylation sites (tertiary alicyclic amines) is 1. The van der Waals surface area contributed by atoms with Crippen molar-refractivity contribution < 1.29 is 4.79 Å². The number of carbonyl (C=O) groups is 1. The van der Waals surface area contributed by atoms with Crippen molar-refractivity contribution in [2.24, 2.45) is 11.8 Å². The molecule has 2 fully saturated rings. The van der Waals surface area contributed by atoms with Crippen LogP contribution in [0.25, 0.3) is 11.0 Å². The Bertz CT molecular complexity index is 1060. The molecule has 2 saturated heterocycles. The molecule has 2 aromatic heterocycles. The minimum atomic E-state index is 0.115. The molecule has 0 aliphatic carbocycles. The normalized spacial score (nSPS) is 21.4. The molecule has 150 valence electrons. The number of hydrogen-bond donors (Lipinski definition) is 1. The van der Waals surface area contributed by atoms with Gasteiger partial charge in [-0.25, -0.2) is 15.0 Å². The maximum absolute atomic E-state index is 13.1. The molecule has 3 aromatic rings. The van der Waals surface area contributed by atoms with Crippen LogP contribution in [-0.2, 0) is 0 Å². The predicted molar refractivity (Wildman–Crippen MR) is 112 cm³/mol. The molecular formula is C22H26N6O. The van der Waals surface area contributed by atoms with Crippen LogP contribution in [-0.4, -0.2) is 56.9 Å². The highest BCUT2D eigenvalue weighted by Gasteiger charge is 2.42. The number of nitrogens with one attached hydrogen (secondary N) is 1. The predicted octanol–water partition coefficient (Wildman–Crippen LogP) is 2.99. The SMILES string of the molecule is Cc1nc2ccc(C(=O)N3CC4CN(c5cc(C(C)C)ncn5)CC4C3)cc2[nH]1. The monoisotopic (exact) mass is 390 g/mol. The van der Waals surface area contributed by atoms with E-state index in [2.05, 4.69) is 44.7 Å². The van der Waals surface area contributed by atoms with Gasteiger partial charge >= 0.3 is 0 Å². The fraction of sp³-hybridized carbons (Fsp3) is 0.455. The number of H-pyrrole nitrogens is 1. The summed E-state index contributed by atoms with van der Waals surface area (Å²) in [5, 5.41) is 0. The number of fused-ring (bicyclic) bond motifs is 2. The van der Waals surface area contributed by atoms with Crippen molar-refractivity contribution in [2.45, 2.75) is 26.7 Å². The van der Waals surface area contributed by atoms with Crippen LogP contribution >= 0.6 is 0 Å². The summed E-state index contributed by atoms with van der Waals surface area (Å²) in [4.78, 5) is 33.9. The molecule has 0 radical (unpaired) electrons. The summed E-state index contributed by atoms with van der Waals surface area (Å²) in [5.74, 6) is 3.37. The van der Waals surface area contributed by atoms with E-state index in [-0.39, 0.29) is 5.91 Å². The third-order valence-corrected chi connectivity index (χ3v) is 6.21. The molecule has 0 bridgehead atoms. The van der Waals surface area contributed by atoms with Crippen molar-refractivity contribution >= 4 is 22.8 Å². The quantitative estimate of drug-likeness (QED) is 0.744. The fourth-order valence-corrected chi connectivity index (χ4v) is 4.65. The summed E-state index contributed by atoms with van der Waals surface area (Å²) in [7, 11) is 0. The summed E-state index contributed by atoms with van der Waals surface area (Å²) < 4.78 is 0. The Morgan fingerprint density at radius 1 is 1.10 bits per heavy atom. The molecule has 7 nitrogen and oxygen atoms in total. The van der Waals surface area contributed by atoms with Crippen LogP contribution in [0, 0.1) is 18.8 Å². The van der Waals surface area contributed by atoms with Gasteiger partial charge in [-0.2, -0.15) is 0 Å². The number of imidazole rings is 1. The van der Waals surface area contributed by atoms with E-state index in [1.54, 1.807) is 6.33 Å². The molecule has 1 aromatic carbocycles. The van der Waals surface area contributed by atoms with Crippen molar-refractivity contribution in [3.8, 4) is 0 Å². The highest BCUT2D eigenvalue weighted by molar-refractivity contribution is 5.97. The average molecular weight is 390 g/mol. The Balaban J connectivity index is 1.28. The lowest BCUT2D eigenvalue weighted by atomic mass is 10.0. The van der Waals surface area contributed by atoms with Crippen LogP contribution in [0.2, 0.25) is 0 Å². The number of nitrogens with zero attached hydrogens (tertiary/aromatic N) is 5. The number of aromatic amines is 1. The molecule has 4 heterocycles. The summed E-state index contributed by atoms with van der Waals surface area (Å²) in [6.45, 7) is 9.73. The van der Waals surface area contributed by atoms with E-state index in [1.807, 2.05) is 30.0 Å². The zero-order valence-electron chi connectivity index (χ0n) is 17.1. The number of anilines is 1. The number of rotatable bonds is 3. The molecule has 5 rings (SSSR count). The third-order valence-electron chi connectivity index (χ3n) is 6.21. The lowest BCUT2D eigenvalue weighted by Gasteiger charge is -2.23. The fourth-order valence-electron chi connectivity index (χ4n) is 4.65. The van der Waals surface area contributed by atoms with Gasteiger partial charge in [-0.3, -0.25) is 4.79 Å². The van der Waals surface area contributed by atoms with Crippen molar-refractivity contribution in [3.63, 3.8) is 0 Å². The lowest BCUT2D eigenvalue weighted by Crippen LogP contribution is -2.33. The average Bonchev–Trinajstić information content (AvgIpc) is 3.38. The Hall–Kier alpha value is -2.96. The summed E-state index contributed by atoms with van der Waals surface area (Å²) in [5.41, 5.74) is 3.63. The van der Waals surface area contributed by atoms with Gasteiger partial charge in [0.25, 0.3) is 5.91 Å². The smallest absolute Gasteiger partial charge is 0.253 e. The number of carbonyl (C=O) groups excluding carboxylic acids is 1. The third kappa shape index (κ3) is 3.24. The van der Waals surface area contributed by atoms with Crippen LogP contribution in [0.1, 0.15) is 41.6 Å². The Kier molecular flexibility index (Phi) is 4.26. The Labute approximate surface area is 170 Å². The van der Waals surface area contributed by atoms with Gasteiger partial charge in [-0.05, 0) is 31.0 Å². The molecule has 7 heteroatoms. The second-order valence-electron chi connectivity index (χ2n) is 8.65. The van der Waals surface area contributed by atoms with E-state index in [0.29, 0.717) is 17.8 Å². The number of benzene rings is 1. The molecule has 0 saturated carbocycles. The molecule has 1 N–H and O–H groups in total. The number of aromatic nitrogens is 4. The summed E-state index contributed by atoms with van der Waals surface area (Å²) >= 11 is 0. The van der Waals surface area contributed by atoms with E-state index in [0.717, 1.165) is 60.1 Å². The molecule has 29 heavy (non-hydrogen) atoms. The minimum Gasteiger partial charge on any atom is -0.356 e. The molecule has 2 aliphatic heterocycles. The topological polar surface area (TPSA) is 78.0 Å². The van der Waals surface area contributed by atoms with E-state index in [9.17, 15) is 4.79 Å². The maximum Gasteiger partial charge on any atom is 0.253 e. The Morgan fingerprint density at radius 2 is 1.86 bits per heavy atom. The van der Waals surface area contributed by atoms with Crippen LogP contribution in [0.15, 0.2) is 30.6 Å². The number of amides is 1. The van der Waals surface area contributed by atoms with Gasteiger partial charge < -0.3 is 14.8 Å². The van der Waals surface area contributed by atoms with Crippen LogP contribution < -0.4 is 4.90 Å². The first-order valence-electron chi connectivity index (χ1n) is 10.3. The first-order valence-corrected chi connectivity index (χ1v) is 10.3. The summed E-state index contributed by atoms with van der Waals surface area (Å²) in [6.07, 6.45) is 1.67. The zero-order chi connectivity index (χ0) is 20.1. The van der Waals surface area contributed by atoms with E-state index < -0.39 is 0 Å². The number of hydrogen-bond acceptors (Lipinski definition) is 5. The van der Waals surface area contributed by atoms with Crippen molar-refractivity contribution in [2.75, 3.05) is 31.1 Å². The van der Waals surface area contributed by atoms with E-state index in [4.69, 9.17) is 0 Å². The molecule has 2 unspecified atom stereocenters. The van der Waals surface area contributed by atoms with Gasteiger partial charge in [-0.1, -0.05) is 13.8 Å².